The lowest BCUT2D eigenvalue weighted by Crippen LogP contribution is -2.43. The number of aryl methyl sites for hydroxylation is 2. The molecule has 0 spiro atoms. The van der Waals surface area contributed by atoms with E-state index in [9.17, 15) is 4.79 Å². The van der Waals surface area contributed by atoms with E-state index in [1.807, 2.05) is 31.2 Å². The van der Waals surface area contributed by atoms with E-state index in [0.717, 1.165) is 49.1 Å². The second kappa shape index (κ2) is 7.96. The normalized spacial score (nSPS) is 16.9. The number of nitrogens with zero attached hydrogens (tertiary/aromatic N) is 1. The summed E-state index contributed by atoms with van der Waals surface area (Å²) in [5.74, 6) is 1.77. The molecule has 1 amide bonds. The minimum absolute atomic E-state index is 0.0127. The Balaban J connectivity index is 1.68. The molecule has 1 aliphatic rings. The summed E-state index contributed by atoms with van der Waals surface area (Å²) in [6.07, 6.45) is 0.958. The van der Waals surface area contributed by atoms with Crippen LogP contribution in [0.2, 0.25) is 0 Å². The molecular formula is C18H24N2O3S. The first-order chi connectivity index (χ1) is 11.7. The molecule has 2 aromatic heterocycles. The Bertz CT molecular complexity index is 673. The Labute approximate surface area is 146 Å². The summed E-state index contributed by atoms with van der Waals surface area (Å²) in [7, 11) is 0. The van der Waals surface area contributed by atoms with E-state index in [2.05, 4.69) is 17.1 Å². The van der Waals surface area contributed by atoms with Crippen LogP contribution in [-0.4, -0.2) is 43.7 Å². The van der Waals surface area contributed by atoms with Gasteiger partial charge in [0.15, 0.2) is 0 Å². The average Bonchev–Trinajstić information content (AvgIpc) is 3.25. The van der Waals surface area contributed by atoms with Gasteiger partial charge >= 0.3 is 0 Å². The molecule has 1 saturated heterocycles. The fourth-order valence-electron chi connectivity index (χ4n) is 2.90. The van der Waals surface area contributed by atoms with Crippen LogP contribution in [0, 0.1) is 6.92 Å². The molecule has 1 atom stereocenters. The largest absolute Gasteiger partial charge is 0.465 e. The molecule has 0 bridgehead atoms. The predicted octanol–water partition coefficient (Wildman–Crippen LogP) is 3.02. The number of nitrogens with one attached hydrogen (secondary N) is 1. The third-order valence-electron chi connectivity index (χ3n) is 4.27. The van der Waals surface area contributed by atoms with Crippen molar-refractivity contribution in [3.05, 3.63) is 45.5 Å². The zero-order chi connectivity index (χ0) is 16.9. The van der Waals surface area contributed by atoms with E-state index in [4.69, 9.17) is 9.15 Å². The van der Waals surface area contributed by atoms with Crippen molar-refractivity contribution in [2.24, 2.45) is 0 Å². The van der Waals surface area contributed by atoms with E-state index in [-0.39, 0.29) is 11.9 Å². The smallest absolute Gasteiger partial charge is 0.261 e. The zero-order valence-corrected chi connectivity index (χ0v) is 15.0. The van der Waals surface area contributed by atoms with Gasteiger partial charge in [0.05, 0.1) is 24.1 Å². The number of carbonyl (C=O) groups is 1. The number of carbonyl (C=O) groups excluding carboxylic acids is 1. The maximum atomic E-state index is 12.4. The summed E-state index contributed by atoms with van der Waals surface area (Å²) in [4.78, 5) is 16.7. The number of rotatable bonds is 6. The maximum absolute atomic E-state index is 12.4. The highest BCUT2D eigenvalue weighted by atomic mass is 32.1. The molecule has 1 fully saturated rings. The summed E-state index contributed by atoms with van der Waals surface area (Å²) >= 11 is 1.56. The van der Waals surface area contributed by atoms with Crippen LogP contribution in [0.4, 0.5) is 0 Å². The van der Waals surface area contributed by atoms with E-state index in [1.54, 1.807) is 11.3 Å². The Hall–Kier alpha value is -1.63. The van der Waals surface area contributed by atoms with Crippen LogP contribution < -0.4 is 5.32 Å². The average molecular weight is 348 g/mol. The summed E-state index contributed by atoms with van der Waals surface area (Å²) < 4.78 is 11.3. The SMILES string of the molecule is CCc1ccc(C(=O)NC[C@@H](c2ccc(C)o2)N2CCOCC2)s1. The van der Waals surface area contributed by atoms with Crippen LogP contribution in [0.3, 0.4) is 0 Å². The van der Waals surface area contributed by atoms with Gasteiger partial charge in [-0.3, -0.25) is 9.69 Å². The van der Waals surface area contributed by atoms with Gasteiger partial charge < -0.3 is 14.5 Å². The number of furan rings is 1. The van der Waals surface area contributed by atoms with Gasteiger partial charge in [0.1, 0.15) is 11.5 Å². The molecule has 2 aromatic rings. The number of hydrogen-bond donors (Lipinski definition) is 1. The van der Waals surface area contributed by atoms with Gasteiger partial charge in [-0.25, -0.2) is 0 Å². The Morgan fingerprint density at radius 1 is 1.29 bits per heavy atom. The fourth-order valence-corrected chi connectivity index (χ4v) is 3.76. The predicted molar refractivity (Wildman–Crippen MR) is 94.6 cm³/mol. The Morgan fingerprint density at radius 3 is 2.71 bits per heavy atom. The van der Waals surface area contributed by atoms with Crippen molar-refractivity contribution < 1.29 is 13.9 Å². The first kappa shape index (κ1) is 17.2. The number of hydrogen-bond acceptors (Lipinski definition) is 5. The van der Waals surface area contributed by atoms with Gasteiger partial charge in [-0.05, 0) is 37.6 Å². The van der Waals surface area contributed by atoms with Crippen molar-refractivity contribution in [1.82, 2.24) is 10.2 Å². The molecule has 24 heavy (non-hydrogen) atoms. The topological polar surface area (TPSA) is 54.7 Å². The summed E-state index contributed by atoms with van der Waals surface area (Å²) in [6, 6.07) is 7.94. The molecule has 6 heteroatoms. The van der Waals surface area contributed by atoms with Crippen LogP contribution in [0.25, 0.3) is 0 Å². The lowest BCUT2D eigenvalue weighted by Gasteiger charge is -2.33. The number of thiophene rings is 1. The van der Waals surface area contributed by atoms with Gasteiger partial charge in [-0.15, -0.1) is 11.3 Å². The quantitative estimate of drug-likeness (QED) is 0.872. The molecule has 3 rings (SSSR count). The molecule has 0 radical (unpaired) electrons. The molecule has 5 nitrogen and oxygen atoms in total. The van der Waals surface area contributed by atoms with Gasteiger partial charge in [-0.2, -0.15) is 0 Å². The van der Waals surface area contributed by atoms with E-state index in [0.29, 0.717) is 6.54 Å². The van der Waals surface area contributed by atoms with Gasteiger partial charge in [0, 0.05) is 24.5 Å². The van der Waals surface area contributed by atoms with E-state index >= 15 is 0 Å². The monoisotopic (exact) mass is 348 g/mol. The van der Waals surface area contributed by atoms with Crippen LogP contribution in [-0.2, 0) is 11.2 Å². The lowest BCUT2D eigenvalue weighted by molar-refractivity contribution is 0.0117. The van der Waals surface area contributed by atoms with E-state index in [1.165, 1.54) is 4.88 Å². The number of morpholine rings is 1. The Kier molecular flexibility index (Phi) is 5.71. The Morgan fingerprint density at radius 2 is 2.08 bits per heavy atom. The second-order valence-electron chi connectivity index (χ2n) is 5.94. The standard InChI is InChI=1S/C18H24N2O3S/c1-3-14-5-7-17(24-14)18(21)19-12-15(16-6-4-13(2)23-16)20-8-10-22-11-9-20/h4-7,15H,3,8-12H2,1-2H3,(H,19,21)/t15-/m0/s1. The van der Waals surface area contributed by atoms with Crippen molar-refractivity contribution >= 4 is 17.2 Å². The molecule has 0 unspecified atom stereocenters. The summed E-state index contributed by atoms with van der Waals surface area (Å²) in [5, 5.41) is 3.07. The van der Waals surface area contributed by atoms with Crippen LogP contribution >= 0.6 is 11.3 Å². The number of ether oxygens (including phenoxy) is 1. The highest BCUT2D eigenvalue weighted by molar-refractivity contribution is 7.14. The van der Waals surface area contributed by atoms with Crippen LogP contribution in [0.15, 0.2) is 28.7 Å². The first-order valence-corrected chi connectivity index (χ1v) is 9.24. The van der Waals surface area contributed by atoms with Gasteiger partial charge in [-0.1, -0.05) is 6.92 Å². The summed E-state index contributed by atoms with van der Waals surface area (Å²) in [6.45, 7) is 7.70. The van der Waals surface area contributed by atoms with Crippen molar-refractivity contribution in [3.63, 3.8) is 0 Å². The number of amides is 1. The molecule has 0 aliphatic carbocycles. The highest BCUT2D eigenvalue weighted by Crippen LogP contribution is 2.24. The van der Waals surface area contributed by atoms with Crippen LogP contribution in [0.1, 0.15) is 39.0 Å². The highest BCUT2D eigenvalue weighted by Gasteiger charge is 2.26. The third-order valence-corrected chi connectivity index (χ3v) is 5.49. The first-order valence-electron chi connectivity index (χ1n) is 8.42. The van der Waals surface area contributed by atoms with Gasteiger partial charge in [0.2, 0.25) is 0 Å². The minimum atomic E-state index is -0.0127. The third kappa shape index (κ3) is 4.06. The van der Waals surface area contributed by atoms with Crippen molar-refractivity contribution in [2.45, 2.75) is 26.3 Å². The molecule has 3 heterocycles. The van der Waals surface area contributed by atoms with Crippen molar-refractivity contribution in [3.8, 4) is 0 Å². The molecule has 0 aromatic carbocycles. The molecule has 1 N–H and O–H groups in total. The molecule has 0 saturated carbocycles. The maximum Gasteiger partial charge on any atom is 0.261 e. The van der Waals surface area contributed by atoms with Gasteiger partial charge in [0.25, 0.3) is 5.91 Å². The molecule has 1 aliphatic heterocycles. The minimum Gasteiger partial charge on any atom is -0.465 e. The van der Waals surface area contributed by atoms with E-state index < -0.39 is 0 Å². The van der Waals surface area contributed by atoms with Crippen molar-refractivity contribution in [2.75, 3.05) is 32.8 Å². The zero-order valence-electron chi connectivity index (χ0n) is 14.2. The molecule has 130 valence electrons. The molecular weight excluding hydrogens is 324 g/mol. The van der Waals surface area contributed by atoms with Crippen molar-refractivity contribution in [1.29, 1.82) is 0 Å². The second-order valence-corrected chi connectivity index (χ2v) is 7.11. The fraction of sp³-hybridized carbons (Fsp3) is 0.500. The van der Waals surface area contributed by atoms with Crippen LogP contribution in [0.5, 0.6) is 0 Å². The summed E-state index contributed by atoms with van der Waals surface area (Å²) in [5.41, 5.74) is 0. The lowest BCUT2D eigenvalue weighted by atomic mass is 10.1.